The number of carbonyl (C=O) groups excluding carboxylic acids is 1. The van der Waals surface area contributed by atoms with Gasteiger partial charge in [-0.05, 0) is 19.8 Å². The van der Waals surface area contributed by atoms with E-state index in [2.05, 4.69) is 9.88 Å². The molecule has 0 aliphatic carbocycles. The first kappa shape index (κ1) is 19.4. The highest BCUT2D eigenvalue weighted by molar-refractivity contribution is 5.99. The molecule has 154 valence electrons. The fourth-order valence-corrected chi connectivity index (χ4v) is 4.18. The van der Waals surface area contributed by atoms with E-state index < -0.39 is 0 Å². The minimum absolute atomic E-state index is 0.0417. The molecule has 8 heteroatoms. The van der Waals surface area contributed by atoms with E-state index in [0.29, 0.717) is 44.1 Å². The van der Waals surface area contributed by atoms with Crippen LogP contribution in [0.3, 0.4) is 0 Å². The summed E-state index contributed by atoms with van der Waals surface area (Å²) in [7, 11) is 3.19. The summed E-state index contributed by atoms with van der Waals surface area (Å²) in [5.74, 6) is 1.36. The van der Waals surface area contributed by atoms with Crippen molar-refractivity contribution < 1.29 is 14.3 Å². The highest BCUT2D eigenvalue weighted by Gasteiger charge is 2.38. The Morgan fingerprint density at radius 2 is 1.83 bits per heavy atom. The van der Waals surface area contributed by atoms with Gasteiger partial charge in [0.1, 0.15) is 11.5 Å². The maximum absolute atomic E-state index is 13.2. The van der Waals surface area contributed by atoms with Crippen molar-refractivity contribution in [3.05, 3.63) is 46.1 Å². The number of aryl methyl sites for hydroxylation is 1. The third-order valence-corrected chi connectivity index (χ3v) is 5.83. The predicted octanol–water partition coefficient (Wildman–Crippen LogP) is 1.44. The molecule has 3 heterocycles. The zero-order valence-electron chi connectivity index (χ0n) is 17.1. The standard InChI is InChI=1S/C21H26N4O4/c1-4-23-13-22-18-12-24(7-5-17(18)20(23)26)19-6-8-25(21(19)27)14-9-15(28-2)11-16(10-14)29-3/h9-11,13,19H,4-8,12H2,1-3H3/t19-/m0/s1. The van der Waals surface area contributed by atoms with Crippen LogP contribution in [-0.4, -0.2) is 53.7 Å². The highest BCUT2D eigenvalue weighted by atomic mass is 16.5. The van der Waals surface area contributed by atoms with Crippen LogP contribution < -0.4 is 19.9 Å². The minimum atomic E-state index is -0.212. The highest BCUT2D eigenvalue weighted by Crippen LogP contribution is 2.32. The first-order valence-electron chi connectivity index (χ1n) is 9.91. The van der Waals surface area contributed by atoms with Gasteiger partial charge < -0.3 is 14.4 Å². The molecule has 1 aromatic carbocycles. The molecule has 1 saturated heterocycles. The summed E-state index contributed by atoms with van der Waals surface area (Å²) < 4.78 is 12.3. The molecule has 2 aromatic rings. The minimum Gasteiger partial charge on any atom is -0.497 e. The molecule has 0 N–H and O–H groups in total. The fourth-order valence-electron chi connectivity index (χ4n) is 4.18. The molecule has 2 aliphatic heterocycles. The van der Waals surface area contributed by atoms with Crippen LogP contribution in [0.4, 0.5) is 5.69 Å². The Labute approximate surface area is 169 Å². The lowest BCUT2D eigenvalue weighted by Gasteiger charge is -2.31. The Balaban J connectivity index is 1.54. The molecule has 0 bridgehead atoms. The number of nitrogens with zero attached hydrogens (tertiary/aromatic N) is 4. The van der Waals surface area contributed by atoms with Crippen molar-refractivity contribution in [3.63, 3.8) is 0 Å². The Morgan fingerprint density at radius 1 is 1.10 bits per heavy atom. The summed E-state index contributed by atoms with van der Waals surface area (Å²) in [5, 5.41) is 0. The van der Waals surface area contributed by atoms with Crippen molar-refractivity contribution in [2.75, 3.05) is 32.2 Å². The molecule has 8 nitrogen and oxygen atoms in total. The summed E-state index contributed by atoms with van der Waals surface area (Å²) >= 11 is 0. The fraction of sp³-hybridized carbons (Fsp3) is 0.476. The maximum Gasteiger partial charge on any atom is 0.256 e. The summed E-state index contributed by atoms with van der Waals surface area (Å²) in [5.41, 5.74) is 2.39. The molecule has 0 spiro atoms. The van der Waals surface area contributed by atoms with Gasteiger partial charge in [0.25, 0.3) is 5.56 Å². The zero-order chi connectivity index (χ0) is 20.5. The molecule has 0 saturated carbocycles. The first-order chi connectivity index (χ1) is 14.0. The van der Waals surface area contributed by atoms with Crippen molar-refractivity contribution in [3.8, 4) is 11.5 Å². The van der Waals surface area contributed by atoms with Crippen molar-refractivity contribution >= 4 is 11.6 Å². The van der Waals surface area contributed by atoms with Crippen molar-refractivity contribution in [2.45, 2.75) is 38.9 Å². The molecular weight excluding hydrogens is 372 g/mol. The second kappa shape index (κ2) is 7.87. The Morgan fingerprint density at radius 3 is 2.48 bits per heavy atom. The van der Waals surface area contributed by atoms with E-state index in [0.717, 1.165) is 23.4 Å². The lowest BCUT2D eigenvalue weighted by molar-refractivity contribution is -0.122. The molecule has 1 atom stereocenters. The summed E-state index contributed by atoms with van der Waals surface area (Å²) in [6.07, 6.45) is 2.97. The molecule has 1 aromatic heterocycles. The van der Waals surface area contributed by atoms with Gasteiger partial charge in [0.15, 0.2) is 0 Å². The molecule has 0 radical (unpaired) electrons. The predicted molar refractivity (Wildman–Crippen MR) is 109 cm³/mol. The van der Waals surface area contributed by atoms with Gasteiger partial charge >= 0.3 is 0 Å². The number of rotatable bonds is 5. The van der Waals surface area contributed by atoms with Crippen LogP contribution in [-0.2, 0) is 24.3 Å². The van der Waals surface area contributed by atoms with Gasteiger partial charge in [-0.15, -0.1) is 0 Å². The SMILES string of the molecule is CCn1cnc2c(c1=O)CCN([C@H]1CCN(c3cc(OC)cc(OC)c3)C1=O)C2. The van der Waals surface area contributed by atoms with Crippen LogP contribution in [0.1, 0.15) is 24.6 Å². The van der Waals surface area contributed by atoms with Gasteiger partial charge in [-0.1, -0.05) is 0 Å². The van der Waals surface area contributed by atoms with Gasteiger partial charge in [-0.3, -0.25) is 19.1 Å². The molecule has 0 unspecified atom stereocenters. The van der Waals surface area contributed by atoms with Crippen LogP contribution in [0.15, 0.2) is 29.3 Å². The molecule has 4 rings (SSSR count). The number of ether oxygens (including phenoxy) is 2. The first-order valence-corrected chi connectivity index (χ1v) is 9.91. The maximum atomic E-state index is 13.2. The second-order valence-corrected chi connectivity index (χ2v) is 7.35. The van der Waals surface area contributed by atoms with Crippen LogP contribution in [0, 0.1) is 0 Å². The number of anilines is 1. The molecule has 29 heavy (non-hydrogen) atoms. The topological polar surface area (TPSA) is 76.9 Å². The van der Waals surface area contributed by atoms with Crippen LogP contribution >= 0.6 is 0 Å². The average Bonchev–Trinajstić information content (AvgIpc) is 3.14. The zero-order valence-corrected chi connectivity index (χ0v) is 17.1. The number of carbonyl (C=O) groups is 1. The number of methoxy groups -OCH3 is 2. The van der Waals surface area contributed by atoms with E-state index >= 15 is 0 Å². The van der Waals surface area contributed by atoms with Gasteiger partial charge in [0.05, 0.1) is 38.0 Å². The van der Waals surface area contributed by atoms with E-state index in [9.17, 15) is 9.59 Å². The molecular formula is C21H26N4O4. The average molecular weight is 398 g/mol. The van der Waals surface area contributed by atoms with Gasteiger partial charge in [0.2, 0.25) is 5.91 Å². The number of hydrogen-bond donors (Lipinski definition) is 0. The number of fused-ring (bicyclic) bond motifs is 1. The number of aromatic nitrogens is 2. The lowest BCUT2D eigenvalue weighted by Crippen LogP contribution is -2.46. The van der Waals surface area contributed by atoms with Crippen molar-refractivity contribution in [1.29, 1.82) is 0 Å². The van der Waals surface area contributed by atoms with Crippen molar-refractivity contribution in [2.24, 2.45) is 0 Å². The third-order valence-electron chi connectivity index (χ3n) is 5.83. The monoisotopic (exact) mass is 398 g/mol. The van der Waals surface area contributed by atoms with Crippen LogP contribution in [0.5, 0.6) is 11.5 Å². The Bertz CT molecular complexity index is 965. The summed E-state index contributed by atoms with van der Waals surface area (Å²) in [6, 6.07) is 5.28. The Hall–Kier alpha value is -2.87. The van der Waals surface area contributed by atoms with Gasteiger partial charge in [-0.25, -0.2) is 4.98 Å². The van der Waals surface area contributed by atoms with Gasteiger partial charge in [0, 0.05) is 49.9 Å². The number of amides is 1. The van der Waals surface area contributed by atoms with Crippen LogP contribution in [0.25, 0.3) is 0 Å². The van der Waals surface area contributed by atoms with Gasteiger partial charge in [-0.2, -0.15) is 0 Å². The van der Waals surface area contributed by atoms with Crippen LogP contribution in [0.2, 0.25) is 0 Å². The van der Waals surface area contributed by atoms with E-state index in [4.69, 9.17) is 9.47 Å². The molecule has 2 aliphatic rings. The van der Waals surface area contributed by atoms with E-state index in [1.807, 2.05) is 19.1 Å². The van der Waals surface area contributed by atoms with E-state index in [-0.39, 0.29) is 17.5 Å². The molecule has 1 amide bonds. The largest absolute Gasteiger partial charge is 0.497 e. The Kier molecular flexibility index (Phi) is 5.27. The quantitative estimate of drug-likeness (QED) is 0.759. The summed E-state index contributed by atoms with van der Waals surface area (Å²) in [4.78, 5) is 34.1. The van der Waals surface area contributed by atoms with Crippen molar-refractivity contribution in [1.82, 2.24) is 14.5 Å². The lowest BCUT2D eigenvalue weighted by atomic mass is 10.0. The third kappa shape index (κ3) is 3.48. The number of hydrogen-bond acceptors (Lipinski definition) is 6. The van der Waals surface area contributed by atoms with E-state index in [1.54, 1.807) is 36.1 Å². The summed E-state index contributed by atoms with van der Waals surface area (Å²) in [6.45, 7) is 4.39. The number of benzene rings is 1. The molecule has 1 fully saturated rings. The normalized spacial score (nSPS) is 19.3. The van der Waals surface area contributed by atoms with E-state index in [1.165, 1.54) is 0 Å². The smallest absolute Gasteiger partial charge is 0.256 e. The second-order valence-electron chi connectivity index (χ2n) is 7.35.